The van der Waals surface area contributed by atoms with Crippen LogP contribution in [0.1, 0.15) is 21.5 Å². The summed E-state index contributed by atoms with van der Waals surface area (Å²) in [6.45, 7) is 0. The van der Waals surface area contributed by atoms with E-state index in [1.54, 1.807) is 12.1 Å². The molecule has 1 heterocycles. The largest absolute Gasteiger partial charge is 0.417 e. The lowest BCUT2D eigenvalue weighted by molar-refractivity contribution is -0.137. The molecular formula is C13H7F3INO. The molecule has 19 heavy (non-hydrogen) atoms. The Hall–Kier alpha value is -1.44. The molecule has 0 aliphatic rings. The van der Waals surface area contributed by atoms with E-state index in [9.17, 15) is 18.0 Å². The Labute approximate surface area is 120 Å². The standard InChI is InChI=1S/C13H7F3INO/c14-13(15,16)11-4-5-18-7-10(11)12(19)8-2-1-3-9(17)6-8/h1-7H. The number of rotatable bonds is 2. The molecule has 0 N–H and O–H groups in total. The quantitative estimate of drug-likeness (QED) is 0.587. The highest BCUT2D eigenvalue weighted by Gasteiger charge is 2.35. The second-order valence-corrected chi connectivity index (χ2v) is 5.00. The summed E-state index contributed by atoms with van der Waals surface area (Å²) in [5, 5.41) is 0. The number of ketones is 1. The summed E-state index contributed by atoms with van der Waals surface area (Å²) in [7, 11) is 0. The number of hydrogen-bond acceptors (Lipinski definition) is 2. The van der Waals surface area contributed by atoms with Gasteiger partial charge in [-0.2, -0.15) is 13.2 Å². The third-order valence-electron chi connectivity index (χ3n) is 2.46. The molecule has 2 aromatic rings. The Morgan fingerprint density at radius 3 is 2.58 bits per heavy atom. The number of aromatic nitrogens is 1. The fraction of sp³-hybridized carbons (Fsp3) is 0.0769. The van der Waals surface area contributed by atoms with Gasteiger partial charge in [0.2, 0.25) is 0 Å². The SMILES string of the molecule is O=C(c1cccc(I)c1)c1cnccc1C(F)(F)F. The van der Waals surface area contributed by atoms with Crippen LogP contribution < -0.4 is 0 Å². The van der Waals surface area contributed by atoms with E-state index in [-0.39, 0.29) is 5.56 Å². The van der Waals surface area contributed by atoms with Gasteiger partial charge in [-0.3, -0.25) is 9.78 Å². The molecule has 2 rings (SSSR count). The van der Waals surface area contributed by atoms with Crippen molar-refractivity contribution in [3.63, 3.8) is 0 Å². The number of halogens is 4. The van der Waals surface area contributed by atoms with Gasteiger partial charge in [0.05, 0.1) is 11.1 Å². The molecule has 6 heteroatoms. The number of benzene rings is 1. The highest BCUT2D eigenvalue weighted by molar-refractivity contribution is 14.1. The Kier molecular flexibility index (Phi) is 3.88. The highest BCUT2D eigenvalue weighted by atomic mass is 127. The van der Waals surface area contributed by atoms with Crippen LogP contribution in [0.15, 0.2) is 42.7 Å². The van der Waals surface area contributed by atoms with Gasteiger partial charge in [-0.25, -0.2) is 0 Å². The maximum atomic E-state index is 12.8. The van der Waals surface area contributed by atoms with E-state index >= 15 is 0 Å². The zero-order valence-corrected chi connectivity index (χ0v) is 11.6. The van der Waals surface area contributed by atoms with Gasteiger partial charge in [0.25, 0.3) is 0 Å². The molecule has 2 nitrogen and oxygen atoms in total. The van der Waals surface area contributed by atoms with Gasteiger partial charge < -0.3 is 0 Å². The first-order valence-corrected chi connectivity index (χ1v) is 6.29. The molecule has 0 aliphatic carbocycles. The molecule has 1 aromatic carbocycles. The number of nitrogens with zero attached hydrogens (tertiary/aromatic N) is 1. The molecule has 1 aromatic heterocycles. The van der Waals surface area contributed by atoms with E-state index < -0.39 is 23.1 Å². The van der Waals surface area contributed by atoms with Gasteiger partial charge in [-0.05, 0) is 40.8 Å². The summed E-state index contributed by atoms with van der Waals surface area (Å²) >= 11 is 1.99. The minimum atomic E-state index is -4.57. The number of hydrogen-bond donors (Lipinski definition) is 0. The van der Waals surface area contributed by atoms with Crippen molar-refractivity contribution in [3.8, 4) is 0 Å². The molecule has 0 atom stereocenters. The molecule has 0 radical (unpaired) electrons. The van der Waals surface area contributed by atoms with E-state index in [0.717, 1.165) is 22.0 Å². The summed E-state index contributed by atoms with van der Waals surface area (Å²) < 4.78 is 39.2. The molecule has 0 bridgehead atoms. The van der Waals surface area contributed by atoms with Crippen molar-refractivity contribution < 1.29 is 18.0 Å². The van der Waals surface area contributed by atoms with Gasteiger partial charge in [-0.1, -0.05) is 12.1 Å². The molecule has 0 amide bonds. The van der Waals surface area contributed by atoms with Crippen LogP contribution in [0.3, 0.4) is 0 Å². The minimum absolute atomic E-state index is 0.213. The minimum Gasteiger partial charge on any atom is -0.289 e. The van der Waals surface area contributed by atoms with Crippen molar-refractivity contribution in [3.05, 3.63) is 63.0 Å². The molecular weight excluding hydrogens is 370 g/mol. The van der Waals surface area contributed by atoms with Gasteiger partial charge in [-0.15, -0.1) is 0 Å². The zero-order chi connectivity index (χ0) is 14.0. The van der Waals surface area contributed by atoms with Gasteiger partial charge >= 0.3 is 6.18 Å². The Morgan fingerprint density at radius 2 is 1.95 bits per heavy atom. The topological polar surface area (TPSA) is 30.0 Å². The van der Waals surface area contributed by atoms with Crippen molar-refractivity contribution in [2.24, 2.45) is 0 Å². The lowest BCUT2D eigenvalue weighted by Gasteiger charge is -2.11. The highest BCUT2D eigenvalue weighted by Crippen LogP contribution is 2.32. The molecule has 0 saturated heterocycles. The van der Waals surface area contributed by atoms with Crippen LogP contribution in [0.2, 0.25) is 0 Å². The molecule has 98 valence electrons. The maximum absolute atomic E-state index is 12.8. The summed E-state index contributed by atoms with van der Waals surface area (Å²) in [5.41, 5.74) is -1.19. The molecule has 0 aliphatic heterocycles. The number of alkyl halides is 3. The van der Waals surface area contributed by atoms with Crippen molar-refractivity contribution in [2.45, 2.75) is 6.18 Å². The maximum Gasteiger partial charge on any atom is 0.417 e. The molecule has 0 spiro atoms. The summed E-state index contributed by atoms with van der Waals surface area (Å²) in [6, 6.07) is 7.21. The van der Waals surface area contributed by atoms with Crippen LogP contribution in [0.25, 0.3) is 0 Å². The first kappa shape index (κ1) is 14.0. The lowest BCUT2D eigenvalue weighted by atomic mass is 10.0. The zero-order valence-electron chi connectivity index (χ0n) is 9.41. The predicted octanol–water partition coefficient (Wildman–Crippen LogP) is 3.94. The Bertz CT molecular complexity index is 625. The van der Waals surface area contributed by atoms with Crippen molar-refractivity contribution in [1.29, 1.82) is 0 Å². The average Bonchev–Trinajstić information content (AvgIpc) is 2.37. The van der Waals surface area contributed by atoms with Crippen LogP contribution in [0.5, 0.6) is 0 Å². The van der Waals surface area contributed by atoms with Crippen molar-refractivity contribution in [1.82, 2.24) is 4.98 Å². The van der Waals surface area contributed by atoms with E-state index in [0.29, 0.717) is 0 Å². The van der Waals surface area contributed by atoms with Gasteiger partial charge in [0.15, 0.2) is 5.78 Å². The number of carbonyl (C=O) groups excluding carboxylic acids is 1. The van der Waals surface area contributed by atoms with Crippen molar-refractivity contribution >= 4 is 28.4 Å². The Morgan fingerprint density at radius 1 is 1.21 bits per heavy atom. The fourth-order valence-corrected chi connectivity index (χ4v) is 2.15. The van der Waals surface area contributed by atoms with E-state index in [4.69, 9.17) is 0 Å². The lowest BCUT2D eigenvalue weighted by Crippen LogP contribution is -2.14. The summed E-state index contributed by atoms with van der Waals surface area (Å²) in [4.78, 5) is 15.7. The van der Waals surface area contributed by atoms with E-state index in [2.05, 4.69) is 4.98 Å². The van der Waals surface area contributed by atoms with E-state index in [1.807, 2.05) is 22.6 Å². The first-order valence-electron chi connectivity index (χ1n) is 5.21. The van der Waals surface area contributed by atoms with Gasteiger partial charge in [0, 0.05) is 21.5 Å². The van der Waals surface area contributed by atoms with E-state index in [1.165, 1.54) is 12.1 Å². The van der Waals surface area contributed by atoms with Gasteiger partial charge in [0.1, 0.15) is 0 Å². The second-order valence-electron chi connectivity index (χ2n) is 3.76. The number of pyridine rings is 1. The molecule has 0 fully saturated rings. The Balaban J connectivity index is 2.51. The molecule has 0 saturated carbocycles. The monoisotopic (exact) mass is 377 g/mol. The number of carbonyl (C=O) groups is 1. The molecule has 0 unspecified atom stereocenters. The van der Waals surface area contributed by atoms with Crippen LogP contribution in [-0.2, 0) is 6.18 Å². The summed E-state index contributed by atoms with van der Waals surface area (Å²) in [5.74, 6) is -0.682. The normalized spacial score (nSPS) is 11.4. The van der Waals surface area contributed by atoms with Crippen LogP contribution in [-0.4, -0.2) is 10.8 Å². The van der Waals surface area contributed by atoms with Crippen molar-refractivity contribution in [2.75, 3.05) is 0 Å². The third kappa shape index (κ3) is 3.12. The van der Waals surface area contributed by atoms with Crippen LogP contribution in [0.4, 0.5) is 13.2 Å². The summed E-state index contributed by atoms with van der Waals surface area (Å²) in [6.07, 6.45) is -2.60. The van der Waals surface area contributed by atoms with Crippen LogP contribution >= 0.6 is 22.6 Å². The third-order valence-corrected chi connectivity index (χ3v) is 3.13. The fourth-order valence-electron chi connectivity index (χ4n) is 1.61. The predicted molar refractivity (Wildman–Crippen MR) is 71.8 cm³/mol. The first-order chi connectivity index (χ1) is 8.89. The van der Waals surface area contributed by atoms with Crippen LogP contribution in [0, 0.1) is 3.57 Å². The smallest absolute Gasteiger partial charge is 0.289 e. The average molecular weight is 377 g/mol. The second kappa shape index (κ2) is 5.28.